The third-order valence-electron chi connectivity index (χ3n) is 3.85. The van der Waals surface area contributed by atoms with E-state index < -0.39 is 0 Å². The van der Waals surface area contributed by atoms with Crippen molar-refractivity contribution in [3.05, 3.63) is 46.1 Å². The van der Waals surface area contributed by atoms with Crippen molar-refractivity contribution in [2.24, 2.45) is 14.1 Å². The van der Waals surface area contributed by atoms with Crippen molar-refractivity contribution in [1.82, 2.24) is 19.1 Å². The number of benzene rings is 1. The van der Waals surface area contributed by atoms with Gasteiger partial charge in [0.05, 0.1) is 16.8 Å². The number of imidazole rings is 1. The van der Waals surface area contributed by atoms with Crippen molar-refractivity contribution in [1.29, 1.82) is 0 Å². The summed E-state index contributed by atoms with van der Waals surface area (Å²) in [6.07, 6.45) is 0. The number of nitrogens with one attached hydrogen (secondary N) is 1. The molecule has 0 aliphatic rings. The molecule has 3 rings (SSSR count). The van der Waals surface area contributed by atoms with E-state index in [1.807, 2.05) is 26.0 Å². The Morgan fingerprint density at radius 1 is 1.08 bits per heavy atom. The van der Waals surface area contributed by atoms with Gasteiger partial charge in [-0.15, -0.1) is 0 Å². The van der Waals surface area contributed by atoms with Crippen LogP contribution in [0.4, 0.5) is 5.69 Å². The minimum Gasteiger partial charge on any atom is -0.325 e. The molecule has 2 heterocycles. The van der Waals surface area contributed by atoms with Crippen molar-refractivity contribution in [3.8, 4) is 0 Å². The molecule has 130 valence electrons. The predicted octanol–water partition coefficient (Wildman–Crippen LogP) is 2.01. The van der Waals surface area contributed by atoms with Crippen LogP contribution in [0.1, 0.15) is 11.4 Å². The third-order valence-corrected chi connectivity index (χ3v) is 4.70. The van der Waals surface area contributed by atoms with Crippen LogP contribution in [0.3, 0.4) is 0 Å². The number of aryl methyl sites for hydroxylation is 4. The van der Waals surface area contributed by atoms with Gasteiger partial charge in [-0.1, -0.05) is 11.8 Å². The van der Waals surface area contributed by atoms with Crippen molar-refractivity contribution < 1.29 is 4.79 Å². The van der Waals surface area contributed by atoms with Crippen molar-refractivity contribution in [2.45, 2.75) is 19.0 Å². The zero-order chi connectivity index (χ0) is 18.1. The molecule has 0 saturated carbocycles. The van der Waals surface area contributed by atoms with Crippen LogP contribution >= 0.6 is 11.8 Å². The van der Waals surface area contributed by atoms with Gasteiger partial charge in [0.15, 0.2) is 5.16 Å². The third kappa shape index (κ3) is 3.58. The van der Waals surface area contributed by atoms with Gasteiger partial charge in [-0.3, -0.25) is 13.9 Å². The fourth-order valence-corrected chi connectivity index (χ4v) is 3.42. The molecule has 0 aliphatic heterocycles. The maximum atomic E-state index is 12.2. The van der Waals surface area contributed by atoms with Crippen LogP contribution in [-0.2, 0) is 18.9 Å². The Hall–Kier alpha value is -2.61. The number of hydrogen-bond donors (Lipinski definition) is 1. The molecule has 8 heteroatoms. The number of nitrogens with zero attached hydrogens (tertiary/aromatic N) is 4. The molecule has 0 spiro atoms. The number of carbonyl (C=O) groups excluding carboxylic acids is 1. The van der Waals surface area contributed by atoms with Gasteiger partial charge >= 0.3 is 5.69 Å². The number of amides is 1. The summed E-state index contributed by atoms with van der Waals surface area (Å²) in [5.41, 5.74) is 3.91. The second kappa shape index (κ2) is 6.72. The van der Waals surface area contributed by atoms with Crippen LogP contribution in [0, 0.1) is 13.8 Å². The molecule has 0 unspecified atom stereocenters. The summed E-state index contributed by atoms with van der Waals surface area (Å²) in [5.74, 6) is 0.0716. The highest BCUT2D eigenvalue weighted by Crippen LogP contribution is 2.19. The highest BCUT2D eigenvalue weighted by molar-refractivity contribution is 7.99. The van der Waals surface area contributed by atoms with Crippen LogP contribution in [-0.4, -0.2) is 30.8 Å². The lowest BCUT2D eigenvalue weighted by molar-refractivity contribution is -0.113. The molecule has 0 aliphatic carbocycles. The second-order valence-electron chi connectivity index (χ2n) is 5.87. The molecule has 1 amide bonds. The van der Waals surface area contributed by atoms with Crippen molar-refractivity contribution in [2.75, 3.05) is 11.1 Å². The molecule has 1 N–H and O–H groups in total. The molecule has 0 fully saturated rings. The molecular weight excluding hydrogens is 338 g/mol. The predicted molar refractivity (Wildman–Crippen MR) is 99.0 cm³/mol. The van der Waals surface area contributed by atoms with E-state index in [2.05, 4.69) is 15.3 Å². The number of aromatic nitrogens is 4. The molecule has 25 heavy (non-hydrogen) atoms. The summed E-state index contributed by atoms with van der Waals surface area (Å²) >= 11 is 1.30. The van der Waals surface area contributed by atoms with Gasteiger partial charge in [-0.05, 0) is 38.1 Å². The molecule has 7 nitrogen and oxygen atoms in total. The average Bonchev–Trinajstić information content (AvgIpc) is 2.77. The number of thioether (sulfide) groups is 1. The monoisotopic (exact) mass is 357 g/mol. The lowest BCUT2D eigenvalue weighted by atomic mass is 10.2. The summed E-state index contributed by atoms with van der Waals surface area (Å²) in [6.45, 7) is 3.80. The molecular formula is C17H19N5O2S. The lowest BCUT2D eigenvalue weighted by Gasteiger charge is -2.06. The molecule has 3 aromatic rings. The average molecular weight is 357 g/mol. The Bertz CT molecular complexity index is 1000. The first-order chi connectivity index (χ1) is 11.8. The van der Waals surface area contributed by atoms with Crippen LogP contribution in [0.5, 0.6) is 0 Å². The Morgan fingerprint density at radius 3 is 2.40 bits per heavy atom. The minimum atomic E-state index is -0.145. The van der Waals surface area contributed by atoms with E-state index in [-0.39, 0.29) is 17.3 Å². The molecule has 0 radical (unpaired) electrons. The molecule has 0 atom stereocenters. The summed E-state index contributed by atoms with van der Waals surface area (Å²) in [4.78, 5) is 32.8. The quantitative estimate of drug-likeness (QED) is 0.571. The summed E-state index contributed by atoms with van der Waals surface area (Å²) in [7, 11) is 3.44. The Balaban J connectivity index is 1.71. The smallest absolute Gasteiger partial charge is 0.325 e. The standard InChI is InChI=1S/C17H19N5O2S/c1-10-7-11(2)19-16(18-10)25-9-15(23)20-12-5-6-13-14(8-12)22(4)17(24)21(13)3/h5-8H,9H2,1-4H3,(H,20,23). The van der Waals surface area contributed by atoms with Gasteiger partial charge in [0.25, 0.3) is 0 Å². The zero-order valence-electron chi connectivity index (χ0n) is 14.5. The summed E-state index contributed by atoms with van der Waals surface area (Å²) in [6, 6.07) is 7.31. The molecule has 0 saturated heterocycles. The number of hydrogen-bond acceptors (Lipinski definition) is 5. The Kier molecular flexibility index (Phi) is 4.63. The molecule has 0 bridgehead atoms. The zero-order valence-corrected chi connectivity index (χ0v) is 15.3. The number of carbonyl (C=O) groups is 1. The summed E-state index contributed by atoms with van der Waals surface area (Å²) in [5, 5.41) is 3.44. The highest BCUT2D eigenvalue weighted by atomic mass is 32.2. The maximum Gasteiger partial charge on any atom is 0.328 e. The van der Waals surface area contributed by atoms with Crippen molar-refractivity contribution >= 4 is 34.4 Å². The van der Waals surface area contributed by atoms with E-state index >= 15 is 0 Å². The topological polar surface area (TPSA) is 81.8 Å². The number of rotatable bonds is 4. The molecule has 2 aromatic heterocycles. The Morgan fingerprint density at radius 2 is 1.72 bits per heavy atom. The maximum absolute atomic E-state index is 12.2. The van der Waals surface area contributed by atoms with E-state index in [9.17, 15) is 9.59 Å². The SMILES string of the molecule is Cc1cc(C)nc(SCC(=O)Nc2ccc3c(c2)n(C)c(=O)n3C)n1. The van der Waals surface area contributed by atoms with Gasteiger partial charge in [0.2, 0.25) is 5.91 Å². The van der Waals surface area contributed by atoms with Gasteiger partial charge in [-0.25, -0.2) is 14.8 Å². The molecule has 1 aromatic carbocycles. The first-order valence-corrected chi connectivity index (χ1v) is 8.74. The summed E-state index contributed by atoms with van der Waals surface area (Å²) < 4.78 is 3.14. The number of fused-ring (bicyclic) bond motifs is 1. The first kappa shape index (κ1) is 17.2. The van der Waals surface area contributed by atoms with E-state index in [0.29, 0.717) is 10.8 Å². The van der Waals surface area contributed by atoms with E-state index in [4.69, 9.17) is 0 Å². The van der Waals surface area contributed by atoms with Crippen LogP contribution in [0.2, 0.25) is 0 Å². The first-order valence-electron chi connectivity index (χ1n) is 7.75. The minimum absolute atomic E-state index is 0.0963. The normalized spacial score (nSPS) is 11.0. The van der Waals surface area contributed by atoms with Gasteiger partial charge in [0, 0.05) is 31.2 Å². The number of anilines is 1. The highest BCUT2D eigenvalue weighted by Gasteiger charge is 2.10. The van der Waals surface area contributed by atoms with E-state index in [1.165, 1.54) is 11.8 Å². The fourth-order valence-electron chi connectivity index (χ4n) is 2.67. The van der Waals surface area contributed by atoms with Gasteiger partial charge in [-0.2, -0.15) is 0 Å². The van der Waals surface area contributed by atoms with Crippen LogP contribution < -0.4 is 11.0 Å². The van der Waals surface area contributed by atoms with E-state index in [1.54, 1.807) is 35.4 Å². The van der Waals surface area contributed by atoms with Crippen molar-refractivity contribution in [3.63, 3.8) is 0 Å². The van der Waals surface area contributed by atoms with E-state index in [0.717, 1.165) is 22.4 Å². The van der Waals surface area contributed by atoms with Gasteiger partial charge in [0.1, 0.15) is 0 Å². The van der Waals surface area contributed by atoms with Crippen LogP contribution in [0.25, 0.3) is 11.0 Å². The largest absolute Gasteiger partial charge is 0.328 e. The Labute approximate surface area is 149 Å². The lowest BCUT2D eigenvalue weighted by Crippen LogP contribution is -2.19. The van der Waals surface area contributed by atoms with Gasteiger partial charge < -0.3 is 5.32 Å². The van der Waals surface area contributed by atoms with Crippen LogP contribution in [0.15, 0.2) is 34.2 Å². The fraction of sp³-hybridized carbons (Fsp3) is 0.294. The second-order valence-corrected chi connectivity index (χ2v) is 6.82.